The minimum Gasteiger partial charge on any atom is -0.341 e. The van der Waals surface area contributed by atoms with Gasteiger partial charge in [0, 0.05) is 16.4 Å². The molecule has 1 spiro atoms. The zero-order valence-corrected chi connectivity index (χ0v) is 17.3. The molecule has 1 aliphatic heterocycles. The molecule has 0 radical (unpaired) electrons. The van der Waals surface area contributed by atoms with Crippen LogP contribution >= 0.6 is 23.8 Å². The number of nitrogens with zero attached hydrogens (tertiary/aromatic N) is 2. The Morgan fingerprint density at radius 3 is 2.63 bits per heavy atom. The molecule has 3 nitrogen and oxygen atoms in total. The van der Waals surface area contributed by atoms with Gasteiger partial charge >= 0.3 is 0 Å². The monoisotopic (exact) mass is 397 g/mol. The van der Waals surface area contributed by atoms with Crippen molar-refractivity contribution in [3.05, 3.63) is 58.6 Å². The van der Waals surface area contributed by atoms with E-state index < -0.39 is 0 Å². The first-order valence-electron chi connectivity index (χ1n) is 9.59. The van der Waals surface area contributed by atoms with Gasteiger partial charge in [-0.3, -0.25) is 0 Å². The zero-order chi connectivity index (χ0) is 19.0. The fraction of sp³-hybridized carbons (Fsp3) is 0.364. The number of nitrogens with one attached hydrogen (secondary N) is 1. The van der Waals surface area contributed by atoms with Crippen LogP contribution in [0.25, 0.3) is 0 Å². The van der Waals surface area contributed by atoms with E-state index in [1.54, 1.807) is 0 Å². The molecule has 140 valence electrons. The summed E-state index contributed by atoms with van der Waals surface area (Å²) >= 11 is 12.0. The number of aliphatic imine (C=N–C) groups is 1. The molecule has 1 heterocycles. The van der Waals surface area contributed by atoms with Crippen LogP contribution in [0.1, 0.15) is 43.7 Å². The number of rotatable bonds is 3. The molecular weight excluding hydrogens is 374 g/mol. The van der Waals surface area contributed by atoms with Crippen LogP contribution in [0.3, 0.4) is 0 Å². The van der Waals surface area contributed by atoms with E-state index >= 15 is 0 Å². The van der Waals surface area contributed by atoms with Crippen LogP contribution in [-0.2, 0) is 6.42 Å². The molecule has 0 atom stereocenters. The lowest BCUT2D eigenvalue weighted by molar-refractivity contribution is 0.595. The molecule has 1 N–H and O–H groups in total. The smallest absolute Gasteiger partial charge is 0.202 e. The highest BCUT2D eigenvalue weighted by molar-refractivity contribution is 7.80. The standard InChI is InChI=1S/C22H24ClN3S/c1-3-16-9-6-8-15(2)19(16)24-20-22(12-4-5-13-22)26(21(27)25-20)18-11-7-10-17(23)14-18/h6-11,14H,3-5,12-13H2,1-2H3,(H,24,25,27). The first-order chi connectivity index (χ1) is 13.0. The average molecular weight is 398 g/mol. The minimum atomic E-state index is -0.199. The lowest BCUT2D eigenvalue weighted by atomic mass is 9.93. The molecule has 0 aromatic heterocycles. The van der Waals surface area contributed by atoms with Crippen LogP contribution in [0.5, 0.6) is 0 Å². The maximum atomic E-state index is 6.27. The molecule has 5 heteroatoms. The van der Waals surface area contributed by atoms with E-state index in [-0.39, 0.29) is 5.54 Å². The Morgan fingerprint density at radius 1 is 1.19 bits per heavy atom. The Bertz CT molecular complexity index is 916. The number of hydrogen-bond acceptors (Lipinski definition) is 2. The Balaban J connectivity index is 1.76. The summed E-state index contributed by atoms with van der Waals surface area (Å²) in [6, 6.07) is 14.4. The highest BCUT2D eigenvalue weighted by Crippen LogP contribution is 2.44. The van der Waals surface area contributed by atoms with E-state index in [9.17, 15) is 0 Å². The van der Waals surface area contributed by atoms with Crippen LogP contribution in [0.2, 0.25) is 5.02 Å². The van der Waals surface area contributed by atoms with Crippen molar-refractivity contribution < 1.29 is 0 Å². The minimum absolute atomic E-state index is 0.199. The van der Waals surface area contributed by atoms with E-state index in [2.05, 4.69) is 48.3 Å². The third-order valence-electron chi connectivity index (χ3n) is 5.75. The Labute approximate surface area is 171 Å². The molecule has 0 unspecified atom stereocenters. The summed E-state index contributed by atoms with van der Waals surface area (Å²) in [7, 11) is 0. The highest BCUT2D eigenvalue weighted by Gasteiger charge is 2.50. The third-order valence-corrected chi connectivity index (χ3v) is 6.26. The summed E-state index contributed by atoms with van der Waals surface area (Å²) in [6.07, 6.45) is 5.41. The fourth-order valence-electron chi connectivity index (χ4n) is 4.40. The zero-order valence-electron chi connectivity index (χ0n) is 15.8. The first kappa shape index (κ1) is 18.5. The first-order valence-corrected chi connectivity index (χ1v) is 10.4. The van der Waals surface area contributed by atoms with Crippen molar-refractivity contribution in [3.63, 3.8) is 0 Å². The van der Waals surface area contributed by atoms with E-state index in [1.807, 2.05) is 18.2 Å². The van der Waals surface area contributed by atoms with Crippen molar-refractivity contribution in [3.8, 4) is 0 Å². The number of hydrogen-bond donors (Lipinski definition) is 1. The van der Waals surface area contributed by atoms with Crippen molar-refractivity contribution in [1.82, 2.24) is 0 Å². The van der Waals surface area contributed by atoms with E-state index in [0.717, 1.165) is 35.8 Å². The number of amidine groups is 1. The number of aryl methyl sites for hydroxylation is 2. The predicted molar refractivity (Wildman–Crippen MR) is 119 cm³/mol. The summed E-state index contributed by atoms with van der Waals surface area (Å²) in [6.45, 7) is 4.33. The van der Waals surface area contributed by atoms with E-state index in [0.29, 0.717) is 5.11 Å². The van der Waals surface area contributed by atoms with Gasteiger partial charge in [-0.15, -0.1) is 0 Å². The number of benzene rings is 2. The number of para-hydroxylation sites is 1. The van der Waals surface area contributed by atoms with Gasteiger partial charge in [-0.25, -0.2) is 4.99 Å². The quantitative estimate of drug-likeness (QED) is 0.630. The molecule has 1 fully saturated rings. The SMILES string of the molecule is CCc1cccc(C)c1NC1=NC(=S)N(c2cccc(Cl)c2)C12CCCC2. The summed E-state index contributed by atoms with van der Waals surface area (Å²) in [5, 5.41) is 5.03. The maximum Gasteiger partial charge on any atom is 0.202 e. The molecular formula is C22H24ClN3S. The normalized spacial score (nSPS) is 18.3. The second-order valence-corrected chi connectivity index (χ2v) is 8.19. The Kier molecular flexibility index (Phi) is 4.95. The maximum absolute atomic E-state index is 6.27. The van der Waals surface area contributed by atoms with Crippen LogP contribution < -0.4 is 10.2 Å². The highest BCUT2D eigenvalue weighted by atomic mass is 35.5. The fourth-order valence-corrected chi connectivity index (χ4v) is 4.95. The molecule has 4 rings (SSSR count). The molecule has 2 aromatic rings. The van der Waals surface area contributed by atoms with Crippen LogP contribution in [-0.4, -0.2) is 16.5 Å². The van der Waals surface area contributed by atoms with Gasteiger partial charge < -0.3 is 10.2 Å². The van der Waals surface area contributed by atoms with Crippen LogP contribution in [0, 0.1) is 6.92 Å². The van der Waals surface area contributed by atoms with Crippen LogP contribution in [0.4, 0.5) is 11.4 Å². The molecule has 27 heavy (non-hydrogen) atoms. The summed E-state index contributed by atoms with van der Waals surface area (Å²) in [5.41, 5.74) is 4.53. The van der Waals surface area contributed by atoms with Crippen molar-refractivity contribution in [2.75, 3.05) is 10.2 Å². The van der Waals surface area contributed by atoms with Crippen molar-refractivity contribution in [2.24, 2.45) is 4.99 Å². The summed E-state index contributed by atoms with van der Waals surface area (Å²) < 4.78 is 0. The molecule has 1 saturated carbocycles. The number of anilines is 2. The van der Waals surface area contributed by atoms with Gasteiger partial charge in [0.25, 0.3) is 0 Å². The number of halogens is 1. The molecule has 0 amide bonds. The largest absolute Gasteiger partial charge is 0.341 e. The van der Waals surface area contributed by atoms with Crippen molar-refractivity contribution in [2.45, 2.75) is 51.5 Å². The molecule has 1 aliphatic carbocycles. The van der Waals surface area contributed by atoms with E-state index in [1.165, 1.54) is 29.7 Å². The lowest BCUT2D eigenvalue weighted by Crippen LogP contribution is -2.52. The predicted octanol–water partition coefficient (Wildman–Crippen LogP) is 6.14. The third kappa shape index (κ3) is 3.15. The topological polar surface area (TPSA) is 27.6 Å². The van der Waals surface area contributed by atoms with Gasteiger partial charge in [0.2, 0.25) is 5.11 Å². The summed E-state index contributed by atoms with van der Waals surface area (Å²) in [4.78, 5) is 7.06. The van der Waals surface area contributed by atoms with Gasteiger partial charge in [-0.1, -0.05) is 55.6 Å². The van der Waals surface area contributed by atoms with Gasteiger partial charge in [-0.2, -0.15) is 0 Å². The Morgan fingerprint density at radius 2 is 1.93 bits per heavy atom. The van der Waals surface area contributed by atoms with Crippen molar-refractivity contribution >= 4 is 46.1 Å². The van der Waals surface area contributed by atoms with Gasteiger partial charge in [0.15, 0.2) is 0 Å². The average Bonchev–Trinajstić information content (AvgIpc) is 3.23. The van der Waals surface area contributed by atoms with Crippen LogP contribution in [0.15, 0.2) is 47.5 Å². The lowest BCUT2D eigenvalue weighted by Gasteiger charge is -2.37. The molecule has 2 aromatic carbocycles. The second kappa shape index (κ2) is 7.25. The van der Waals surface area contributed by atoms with Crippen molar-refractivity contribution in [1.29, 1.82) is 0 Å². The summed E-state index contributed by atoms with van der Waals surface area (Å²) in [5.74, 6) is 0.981. The van der Waals surface area contributed by atoms with Gasteiger partial charge in [0.1, 0.15) is 11.4 Å². The van der Waals surface area contributed by atoms with E-state index in [4.69, 9.17) is 28.8 Å². The Hall–Kier alpha value is -1.91. The number of thiocarbonyl (C=S) groups is 1. The van der Waals surface area contributed by atoms with Gasteiger partial charge in [-0.05, 0) is 67.7 Å². The second-order valence-electron chi connectivity index (χ2n) is 7.38. The molecule has 0 saturated heterocycles. The van der Waals surface area contributed by atoms with Gasteiger partial charge in [0.05, 0.1) is 0 Å². The molecule has 2 aliphatic rings. The molecule has 0 bridgehead atoms.